The molecule has 0 fully saturated rings. The van der Waals surface area contributed by atoms with E-state index in [-0.39, 0.29) is 5.82 Å². The smallest absolute Gasteiger partial charge is 0.208 e. The second kappa shape index (κ2) is 8.70. The van der Waals surface area contributed by atoms with Crippen LogP contribution in [-0.2, 0) is 16.6 Å². The minimum Gasteiger partial charge on any atom is -0.356 e. The summed E-state index contributed by atoms with van der Waals surface area (Å²) in [7, 11) is 0.421. The number of nitrogens with zero attached hydrogens (tertiary/aromatic N) is 2. The Balaban J connectivity index is 2.38. The van der Waals surface area contributed by atoms with E-state index in [1.165, 1.54) is 12.1 Å². The molecule has 8 heteroatoms. The Hall–Kier alpha value is -1.67. The third kappa shape index (κ3) is 7.37. The molecule has 0 radical (unpaired) electrons. The van der Waals surface area contributed by atoms with E-state index in [4.69, 9.17) is 0 Å². The van der Waals surface area contributed by atoms with Gasteiger partial charge in [-0.05, 0) is 24.1 Å². The van der Waals surface area contributed by atoms with Crippen LogP contribution in [0, 0.1) is 5.82 Å². The van der Waals surface area contributed by atoms with E-state index in [0.717, 1.165) is 11.8 Å². The molecule has 0 atom stereocenters. The van der Waals surface area contributed by atoms with Crippen LogP contribution in [0.5, 0.6) is 0 Å². The van der Waals surface area contributed by atoms with Crippen molar-refractivity contribution >= 4 is 16.0 Å². The number of hydrogen-bond acceptors (Lipinski definition) is 3. The minimum absolute atomic E-state index is 0.257. The van der Waals surface area contributed by atoms with Crippen molar-refractivity contribution in [1.29, 1.82) is 0 Å². The normalized spacial score (nSPS) is 12.3. The average Bonchev–Trinajstić information content (AvgIpc) is 2.44. The zero-order valence-electron chi connectivity index (χ0n) is 13.1. The molecular formula is C14H23FN4O2S. The number of guanidine groups is 1. The fourth-order valence-corrected chi connectivity index (χ4v) is 2.38. The first-order valence-corrected chi connectivity index (χ1v) is 8.82. The fraction of sp³-hybridized carbons (Fsp3) is 0.500. The molecule has 0 spiro atoms. The maximum absolute atomic E-state index is 12.9. The van der Waals surface area contributed by atoms with Crippen LogP contribution in [0.3, 0.4) is 0 Å². The van der Waals surface area contributed by atoms with Gasteiger partial charge in [0.15, 0.2) is 5.96 Å². The summed E-state index contributed by atoms with van der Waals surface area (Å²) in [5, 5.41) is 3.15. The van der Waals surface area contributed by atoms with Gasteiger partial charge in [0.25, 0.3) is 0 Å². The molecule has 0 aliphatic carbocycles. The lowest BCUT2D eigenvalue weighted by atomic mass is 10.2. The minimum atomic E-state index is -3.14. The number of rotatable bonds is 7. The van der Waals surface area contributed by atoms with Gasteiger partial charge in [-0.15, -0.1) is 0 Å². The molecule has 0 aliphatic rings. The lowest BCUT2D eigenvalue weighted by Crippen LogP contribution is -2.39. The Bertz CT molecular complexity index is 587. The van der Waals surface area contributed by atoms with Crippen molar-refractivity contribution in [2.24, 2.45) is 4.99 Å². The van der Waals surface area contributed by atoms with Crippen LogP contribution in [0.4, 0.5) is 4.39 Å². The summed E-state index contributed by atoms with van der Waals surface area (Å²) in [5.74, 6) is 0.441. The van der Waals surface area contributed by atoms with Gasteiger partial charge in [-0.2, -0.15) is 0 Å². The molecule has 1 aromatic rings. The SMILES string of the molecule is CN=C(NCCCNS(C)(=O)=O)N(C)Cc1ccc(F)cc1. The molecule has 0 aromatic heterocycles. The summed E-state index contributed by atoms with van der Waals surface area (Å²) in [4.78, 5) is 6.08. The number of halogens is 1. The molecule has 0 saturated carbocycles. The first kappa shape index (κ1) is 18.4. The standard InChI is InChI=1S/C14H23FN4O2S/c1-16-14(17-9-4-10-18-22(3,20)21)19(2)11-12-5-7-13(15)8-6-12/h5-8,18H,4,9-11H2,1-3H3,(H,16,17). The van der Waals surface area contributed by atoms with Gasteiger partial charge in [0, 0.05) is 33.7 Å². The first-order chi connectivity index (χ1) is 10.3. The highest BCUT2D eigenvalue weighted by Gasteiger charge is 2.06. The lowest BCUT2D eigenvalue weighted by Gasteiger charge is -2.22. The predicted octanol–water partition coefficient (Wildman–Crippen LogP) is 0.772. The highest BCUT2D eigenvalue weighted by molar-refractivity contribution is 7.88. The largest absolute Gasteiger partial charge is 0.356 e. The summed E-state index contributed by atoms with van der Waals surface area (Å²) in [5.41, 5.74) is 0.977. The van der Waals surface area contributed by atoms with Gasteiger partial charge in [-0.3, -0.25) is 4.99 Å². The number of nitrogens with one attached hydrogen (secondary N) is 2. The summed E-state index contributed by atoms with van der Waals surface area (Å²) in [6.07, 6.45) is 1.78. The maximum atomic E-state index is 12.9. The van der Waals surface area contributed by atoms with Crippen LogP contribution in [-0.4, -0.2) is 52.7 Å². The zero-order valence-corrected chi connectivity index (χ0v) is 14.0. The number of aliphatic imine (C=N–C) groups is 1. The van der Waals surface area contributed by atoms with Crippen molar-refractivity contribution in [3.8, 4) is 0 Å². The molecule has 0 heterocycles. The molecule has 6 nitrogen and oxygen atoms in total. The quantitative estimate of drug-likeness (QED) is 0.440. The number of benzene rings is 1. The summed E-state index contributed by atoms with van der Waals surface area (Å²) in [6, 6.07) is 6.32. The first-order valence-electron chi connectivity index (χ1n) is 6.92. The van der Waals surface area contributed by atoms with Crippen molar-refractivity contribution in [3.63, 3.8) is 0 Å². The summed E-state index contributed by atoms with van der Waals surface area (Å²) < 4.78 is 37.2. The van der Waals surface area contributed by atoms with E-state index >= 15 is 0 Å². The Labute approximate surface area is 131 Å². The average molecular weight is 330 g/mol. The predicted molar refractivity (Wildman–Crippen MR) is 86.7 cm³/mol. The van der Waals surface area contributed by atoms with Gasteiger partial charge in [0.05, 0.1) is 6.26 Å². The molecular weight excluding hydrogens is 307 g/mol. The van der Waals surface area contributed by atoms with E-state index in [0.29, 0.717) is 32.0 Å². The van der Waals surface area contributed by atoms with Crippen molar-refractivity contribution in [2.45, 2.75) is 13.0 Å². The van der Waals surface area contributed by atoms with Crippen LogP contribution in [0.1, 0.15) is 12.0 Å². The zero-order chi connectivity index (χ0) is 16.6. The van der Waals surface area contributed by atoms with Gasteiger partial charge >= 0.3 is 0 Å². The maximum Gasteiger partial charge on any atom is 0.208 e. The number of hydrogen-bond donors (Lipinski definition) is 2. The summed E-state index contributed by atoms with van der Waals surface area (Å²) >= 11 is 0. The second-order valence-corrected chi connectivity index (χ2v) is 6.81. The second-order valence-electron chi connectivity index (χ2n) is 4.98. The molecule has 1 rings (SSSR count). The molecule has 124 valence electrons. The molecule has 1 aromatic carbocycles. The fourth-order valence-electron chi connectivity index (χ4n) is 1.87. The van der Waals surface area contributed by atoms with Gasteiger partial charge in [-0.25, -0.2) is 17.5 Å². The number of sulfonamides is 1. The van der Waals surface area contributed by atoms with E-state index in [2.05, 4.69) is 15.0 Å². The molecule has 0 aliphatic heterocycles. The Morgan fingerprint density at radius 3 is 2.45 bits per heavy atom. The Kier molecular flexibility index (Phi) is 7.26. The van der Waals surface area contributed by atoms with E-state index < -0.39 is 10.0 Å². The van der Waals surface area contributed by atoms with Crippen LogP contribution >= 0.6 is 0 Å². The topological polar surface area (TPSA) is 73.8 Å². The third-order valence-electron chi connectivity index (χ3n) is 2.91. The molecule has 0 amide bonds. The highest BCUT2D eigenvalue weighted by Crippen LogP contribution is 2.05. The van der Waals surface area contributed by atoms with Crippen molar-refractivity contribution in [2.75, 3.05) is 33.4 Å². The molecule has 0 unspecified atom stereocenters. The van der Waals surface area contributed by atoms with Crippen LogP contribution in [0.15, 0.2) is 29.3 Å². The van der Waals surface area contributed by atoms with Gasteiger partial charge in [-0.1, -0.05) is 12.1 Å². The lowest BCUT2D eigenvalue weighted by molar-refractivity contribution is 0.475. The monoisotopic (exact) mass is 330 g/mol. The van der Waals surface area contributed by atoms with E-state index in [1.807, 2.05) is 11.9 Å². The van der Waals surface area contributed by atoms with Gasteiger partial charge in [0.1, 0.15) is 5.82 Å². The third-order valence-corrected chi connectivity index (χ3v) is 3.64. The van der Waals surface area contributed by atoms with Gasteiger partial charge < -0.3 is 10.2 Å². The summed E-state index contributed by atoms with van der Waals surface area (Å²) in [6.45, 7) is 1.58. The Morgan fingerprint density at radius 2 is 1.91 bits per heavy atom. The van der Waals surface area contributed by atoms with Crippen LogP contribution in [0.2, 0.25) is 0 Å². The van der Waals surface area contributed by atoms with Crippen LogP contribution < -0.4 is 10.0 Å². The molecule has 2 N–H and O–H groups in total. The van der Waals surface area contributed by atoms with Crippen molar-refractivity contribution in [3.05, 3.63) is 35.6 Å². The highest BCUT2D eigenvalue weighted by atomic mass is 32.2. The van der Waals surface area contributed by atoms with Crippen molar-refractivity contribution in [1.82, 2.24) is 14.9 Å². The Morgan fingerprint density at radius 1 is 1.27 bits per heavy atom. The van der Waals surface area contributed by atoms with Gasteiger partial charge in [0.2, 0.25) is 10.0 Å². The molecule has 22 heavy (non-hydrogen) atoms. The molecule has 0 saturated heterocycles. The van der Waals surface area contributed by atoms with Crippen LogP contribution in [0.25, 0.3) is 0 Å². The van der Waals surface area contributed by atoms with E-state index in [1.54, 1.807) is 19.2 Å². The van der Waals surface area contributed by atoms with Crippen molar-refractivity contribution < 1.29 is 12.8 Å². The van der Waals surface area contributed by atoms with E-state index in [9.17, 15) is 12.8 Å². The molecule has 0 bridgehead atoms.